The standard InChI is InChI=1S/C22H15BrClF4N3OS/c23-14-6-2-3-11-12(14)4-1-5-13(11)21(32)29-22(33)31-9-7-30(8-10-31)20-18(27)16(25)15(24)17(26)19(20)28/h1-6H,7-10H2,(H,29,32,33). The lowest BCUT2D eigenvalue weighted by Gasteiger charge is -2.37. The van der Waals surface area contributed by atoms with Crippen LogP contribution in [0.5, 0.6) is 0 Å². The van der Waals surface area contributed by atoms with Crippen molar-refractivity contribution < 1.29 is 22.4 Å². The van der Waals surface area contributed by atoms with Crippen molar-refractivity contribution in [2.45, 2.75) is 0 Å². The van der Waals surface area contributed by atoms with E-state index in [0.29, 0.717) is 5.56 Å². The van der Waals surface area contributed by atoms with Crippen LogP contribution in [-0.4, -0.2) is 42.1 Å². The number of hydrogen-bond donors (Lipinski definition) is 1. The van der Waals surface area contributed by atoms with Gasteiger partial charge in [0.15, 0.2) is 28.4 Å². The maximum atomic E-state index is 14.3. The number of carbonyl (C=O) groups excluding carboxylic acids is 1. The molecule has 4 rings (SSSR count). The zero-order chi connectivity index (χ0) is 23.9. The number of amides is 1. The van der Waals surface area contributed by atoms with E-state index in [0.717, 1.165) is 15.2 Å². The number of thiocarbonyl (C=S) groups is 1. The van der Waals surface area contributed by atoms with E-state index >= 15 is 0 Å². The summed E-state index contributed by atoms with van der Waals surface area (Å²) in [6.07, 6.45) is 0. The molecule has 11 heteroatoms. The number of rotatable bonds is 2. The molecule has 33 heavy (non-hydrogen) atoms. The second-order valence-electron chi connectivity index (χ2n) is 7.29. The average molecular weight is 561 g/mol. The molecule has 1 heterocycles. The number of nitrogens with one attached hydrogen (secondary N) is 1. The minimum Gasteiger partial charge on any atom is -0.363 e. The summed E-state index contributed by atoms with van der Waals surface area (Å²) < 4.78 is 57.0. The third-order valence-electron chi connectivity index (χ3n) is 5.40. The Hall–Kier alpha value is -2.43. The van der Waals surface area contributed by atoms with E-state index in [2.05, 4.69) is 21.2 Å². The lowest BCUT2D eigenvalue weighted by molar-refractivity contribution is 0.0974. The third-order valence-corrected chi connectivity index (χ3v) is 6.79. The molecule has 1 saturated heterocycles. The Morgan fingerprint density at radius 3 is 2.12 bits per heavy atom. The number of hydrogen-bond acceptors (Lipinski definition) is 3. The van der Waals surface area contributed by atoms with E-state index in [1.54, 1.807) is 17.0 Å². The summed E-state index contributed by atoms with van der Waals surface area (Å²) in [6.45, 7) is 0.382. The molecule has 1 aliphatic rings. The van der Waals surface area contributed by atoms with Gasteiger partial charge >= 0.3 is 0 Å². The van der Waals surface area contributed by atoms with Gasteiger partial charge in [-0.2, -0.15) is 0 Å². The predicted molar refractivity (Wildman–Crippen MR) is 127 cm³/mol. The summed E-state index contributed by atoms with van der Waals surface area (Å²) >= 11 is 14.1. The van der Waals surface area contributed by atoms with E-state index in [1.807, 2.05) is 24.3 Å². The molecule has 0 bridgehead atoms. The van der Waals surface area contributed by atoms with E-state index in [1.165, 1.54) is 4.90 Å². The van der Waals surface area contributed by atoms with E-state index in [9.17, 15) is 22.4 Å². The van der Waals surface area contributed by atoms with Gasteiger partial charge in [-0.05, 0) is 35.1 Å². The summed E-state index contributed by atoms with van der Waals surface area (Å²) in [5, 5.41) is 3.21. The fraction of sp³-hybridized carbons (Fsp3) is 0.182. The molecule has 1 aliphatic heterocycles. The minimum atomic E-state index is -1.64. The molecule has 0 aliphatic carbocycles. The first-order chi connectivity index (χ1) is 15.7. The predicted octanol–water partition coefficient (Wildman–Crippen LogP) is 5.65. The lowest BCUT2D eigenvalue weighted by atomic mass is 10.0. The fourth-order valence-electron chi connectivity index (χ4n) is 3.72. The van der Waals surface area contributed by atoms with E-state index in [4.69, 9.17) is 23.8 Å². The number of nitrogens with zero attached hydrogens (tertiary/aromatic N) is 2. The van der Waals surface area contributed by atoms with Gasteiger partial charge in [0.25, 0.3) is 5.91 Å². The third kappa shape index (κ3) is 4.39. The topological polar surface area (TPSA) is 35.6 Å². The Morgan fingerprint density at radius 1 is 0.909 bits per heavy atom. The number of benzene rings is 3. The largest absolute Gasteiger partial charge is 0.363 e. The van der Waals surface area contributed by atoms with Crippen LogP contribution in [-0.2, 0) is 0 Å². The van der Waals surface area contributed by atoms with Crippen molar-refractivity contribution in [2.75, 3.05) is 31.1 Å². The normalized spacial score (nSPS) is 14.0. The van der Waals surface area contributed by atoms with Gasteiger partial charge in [0.1, 0.15) is 10.7 Å². The highest BCUT2D eigenvalue weighted by molar-refractivity contribution is 9.10. The highest BCUT2D eigenvalue weighted by atomic mass is 79.9. The van der Waals surface area contributed by atoms with Crippen molar-refractivity contribution in [1.82, 2.24) is 10.2 Å². The molecule has 0 atom stereocenters. The molecule has 4 nitrogen and oxygen atoms in total. The molecule has 0 radical (unpaired) electrons. The molecular weight excluding hydrogens is 546 g/mol. The van der Waals surface area contributed by atoms with Crippen LogP contribution in [0.4, 0.5) is 23.2 Å². The van der Waals surface area contributed by atoms with Crippen molar-refractivity contribution in [3.05, 3.63) is 74.7 Å². The Morgan fingerprint density at radius 2 is 1.48 bits per heavy atom. The number of anilines is 1. The zero-order valence-corrected chi connectivity index (χ0v) is 19.9. The second-order valence-corrected chi connectivity index (χ2v) is 8.91. The molecule has 0 saturated carbocycles. The molecule has 0 spiro atoms. The molecule has 172 valence electrons. The lowest BCUT2D eigenvalue weighted by Crippen LogP contribution is -2.53. The molecule has 0 unspecified atom stereocenters. The monoisotopic (exact) mass is 559 g/mol. The van der Waals surface area contributed by atoms with Crippen molar-refractivity contribution in [3.8, 4) is 0 Å². The van der Waals surface area contributed by atoms with Crippen molar-refractivity contribution in [1.29, 1.82) is 0 Å². The van der Waals surface area contributed by atoms with Gasteiger partial charge in [0, 0.05) is 36.2 Å². The molecule has 0 aromatic heterocycles. The van der Waals surface area contributed by atoms with Crippen molar-refractivity contribution in [3.63, 3.8) is 0 Å². The van der Waals surface area contributed by atoms with Crippen molar-refractivity contribution >= 4 is 67.2 Å². The van der Waals surface area contributed by atoms with Gasteiger partial charge in [-0.3, -0.25) is 10.1 Å². The Labute approximate surface area is 205 Å². The fourth-order valence-corrected chi connectivity index (χ4v) is 4.66. The van der Waals surface area contributed by atoms with E-state index < -0.39 is 39.9 Å². The van der Waals surface area contributed by atoms with Gasteiger partial charge in [0.2, 0.25) is 0 Å². The van der Waals surface area contributed by atoms with Crippen LogP contribution in [0.15, 0.2) is 40.9 Å². The quantitative estimate of drug-likeness (QED) is 0.190. The number of piperazine rings is 1. The highest BCUT2D eigenvalue weighted by Crippen LogP contribution is 2.34. The summed E-state index contributed by atoms with van der Waals surface area (Å²) in [5.74, 6) is -6.78. The Bertz CT molecular complexity index is 1260. The molecule has 3 aromatic rings. The summed E-state index contributed by atoms with van der Waals surface area (Å²) in [7, 11) is 0. The summed E-state index contributed by atoms with van der Waals surface area (Å²) in [4.78, 5) is 15.7. The smallest absolute Gasteiger partial charge is 0.258 e. The van der Waals surface area contributed by atoms with Crippen LogP contribution in [0.25, 0.3) is 10.8 Å². The minimum absolute atomic E-state index is 0.0194. The van der Waals surface area contributed by atoms with E-state index in [-0.39, 0.29) is 31.3 Å². The van der Waals surface area contributed by atoms with Gasteiger partial charge < -0.3 is 9.80 Å². The average Bonchev–Trinajstić information content (AvgIpc) is 2.82. The molecular formula is C22H15BrClF4N3OS. The number of halogens is 6. The maximum absolute atomic E-state index is 14.3. The van der Waals surface area contributed by atoms with Gasteiger partial charge in [-0.15, -0.1) is 0 Å². The second kappa shape index (κ2) is 9.44. The maximum Gasteiger partial charge on any atom is 0.258 e. The van der Waals surface area contributed by atoms with Crippen LogP contribution in [0, 0.1) is 23.3 Å². The molecule has 1 amide bonds. The molecule has 3 aromatic carbocycles. The SMILES string of the molecule is O=C(NC(=S)N1CCN(c2c(F)c(F)c(Cl)c(F)c2F)CC1)c1cccc2c(Br)cccc12. The van der Waals surface area contributed by atoms with Crippen molar-refractivity contribution in [2.24, 2.45) is 0 Å². The molecule has 1 N–H and O–H groups in total. The first kappa shape index (κ1) is 23.7. The van der Waals surface area contributed by atoms with Crippen LogP contribution in [0.2, 0.25) is 5.02 Å². The van der Waals surface area contributed by atoms with Gasteiger partial charge in [-0.1, -0.05) is 51.8 Å². The van der Waals surface area contributed by atoms with Gasteiger partial charge in [-0.25, -0.2) is 17.6 Å². The number of fused-ring (bicyclic) bond motifs is 1. The van der Waals surface area contributed by atoms with Gasteiger partial charge in [0.05, 0.1) is 0 Å². The van der Waals surface area contributed by atoms with Crippen LogP contribution >= 0.6 is 39.7 Å². The first-order valence-corrected chi connectivity index (χ1v) is 11.3. The first-order valence-electron chi connectivity index (χ1n) is 9.74. The Kier molecular flexibility index (Phi) is 6.78. The highest BCUT2D eigenvalue weighted by Gasteiger charge is 2.30. The zero-order valence-electron chi connectivity index (χ0n) is 16.8. The van der Waals surface area contributed by atoms with Crippen LogP contribution in [0.1, 0.15) is 10.4 Å². The van der Waals surface area contributed by atoms with Crippen LogP contribution in [0.3, 0.4) is 0 Å². The summed E-state index contributed by atoms with van der Waals surface area (Å²) in [5.41, 5.74) is -0.378. The molecule has 1 fully saturated rings. The number of carbonyl (C=O) groups is 1. The Balaban J connectivity index is 1.46. The van der Waals surface area contributed by atoms with Crippen LogP contribution < -0.4 is 10.2 Å². The summed E-state index contributed by atoms with van der Waals surface area (Å²) in [6, 6.07) is 10.8.